The number of anilines is 5. The second-order valence-electron chi connectivity index (χ2n) is 18.2. The van der Waals surface area contributed by atoms with E-state index in [1.807, 2.05) is 0 Å². The lowest BCUT2D eigenvalue weighted by atomic mass is 9.62. The molecule has 65 heavy (non-hydrogen) atoms. The molecule has 0 amide bonds. The summed E-state index contributed by atoms with van der Waals surface area (Å²) in [5, 5.41) is 4.98. The molecule has 0 spiro atoms. The van der Waals surface area contributed by atoms with Gasteiger partial charge in [-0.15, -0.1) is 0 Å². The lowest BCUT2D eigenvalue weighted by Crippen LogP contribution is -2.36. The summed E-state index contributed by atoms with van der Waals surface area (Å²) in [6, 6.07) is 70.8. The molecule has 0 bridgehead atoms. The van der Waals surface area contributed by atoms with Crippen LogP contribution in [0.1, 0.15) is 57.3 Å². The van der Waals surface area contributed by atoms with Crippen molar-refractivity contribution in [3.63, 3.8) is 0 Å². The summed E-state index contributed by atoms with van der Waals surface area (Å²) in [5.74, 6) is 0.239. The van der Waals surface area contributed by atoms with Crippen LogP contribution >= 0.6 is 0 Å². The summed E-state index contributed by atoms with van der Waals surface area (Å²) in [5.41, 5.74) is 19.3. The Kier molecular flexibility index (Phi) is 8.88. The van der Waals surface area contributed by atoms with Gasteiger partial charge in [0.05, 0.1) is 11.1 Å². The van der Waals surface area contributed by atoms with Crippen molar-refractivity contribution in [3.8, 4) is 11.1 Å². The van der Waals surface area contributed by atoms with Crippen LogP contribution < -0.4 is 9.80 Å². The molecule has 0 aromatic heterocycles. The average Bonchev–Trinajstić information content (AvgIpc) is 3.67. The van der Waals surface area contributed by atoms with Gasteiger partial charge in [-0.3, -0.25) is 0 Å². The van der Waals surface area contributed by atoms with Crippen molar-refractivity contribution in [1.29, 1.82) is 0 Å². The van der Waals surface area contributed by atoms with Crippen LogP contribution in [0.4, 0.5) is 28.4 Å². The minimum absolute atomic E-state index is 0.239. The second-order valence-corrected chi connectivity index (χ2v) is 18.2. The van der Waals surface area contributed by atoms with Crippen molar-refractivity contribution in [1.82, 2.24) is 0 Å². The molecule has 0 N–H and O–H groups in total. The van der Waals surface area contributed by atoms with Crippen LogP contribution in [-0.2, 0) is 18.3 Å². The number of hydrogen-bond acceptors (Lipinski definition) is 2. The first-order chi connectivity index (χ1) is 32.3. The summed E-state index contributed by atoms with van der Waals surface area (Å²) < 4.78 is 0. The molecule has 2 unspecified atom stereocenters. The number of benzene rings is 9. The Hall–Kier alpha value is -7.68. The number of para-hydroxylation sites is 3. The Labute approximate surface area is 381 Å². The van der Waals surface area contributed by atoms with Gasteiger partial charge in [-0.05, 0) is 128 Å². The zero-order chi connectivity index (χ0) is 42.9. The Morgan fingerprint density at radius 3 is 1.80 bits per heavy atom. The van der Waals surface area contributed by atoms with E-state index in [9.17, 15) is 0 Å². The summed E-state index contributed by atoms with van der Waals surface area (Å²) >= 11 is 0. The van der Waals surface area contributed by atoms with Crippen molar-refractivity contribution < 1.29 is 0 Å². The first-order valence-electron chi connectivity index (χ1n) is 23.4. The number of nitrogens with zero attached hydrogens (tertiary/aromatic N) is 2. The third-order valence-corrected chi connectivity index (χ3v) is 14.8. The maximum atomic E-state index is 2.56. The fourth-order valence-electron chi connectivity index (χ4n) is 12.0. The van der Waals surface area contributed by atoms with Gasteiger partial charge in [-0.25, -0.2) is 0 Å². The molecule has 310 valence electrons. The van der Waals surface area contributed by atoms with E-state index in [2.05, 4.69) is 234 Å². The molecule has 2 nitrogen and oxygen atoms in total. The third kappa shape index (κ3) is 5.87. The van der Waals surface area contributed by atoms with Crippen molar-refractivity contribution >= 4 is 62.1 Å². The van der Waals surface area contributed by atoms with E-state index in [4.69, 9.17) is 0 Å². The number of fused-ring (bicyclic) bond motifs is 8. The molecule has 0 saturated heterocycles. The summed E-state index contributed by atoms with van der Waals surface area (Å²) in [6.07, 6.45) is 18.2. The monoisotopic (exact) mass is 832 g/mol. The highest BCUT2D eigenvalue weighted by atomic mass is 15.2. The number of rotatable bonds is 6. The third-order valence-electron chi connectivity index (χ3n) is 14.8. The van der Waals surface area contributed by atoms with Gasteiger partial charge in [0.1, 0.15) is 0 Å². The molecule has 9 aromatic rings. The first kappa shape index (κ1) is 37.8. The molecule has 2 aliphatic heterocycles. The molecule has 2 atom stereocenters. The van der Waals surface area contributed by atoms with Gasteiger partial charge >= 0.3 is 0 Å². The van der Waals surface area contributed by atoms with Crippen molar-refractivity contribution in [2.75, 3.05) is 16.3 Å². The highest BCUT2D eigenvalue weighted by Gasteiger charge is 2.49. The van der Waals surface area contributed by atoms with Gasteiger partial charge in [0, 0.05) is 46.5 Å². The number of allylic oxidation sites excluding steroid dienone is 4. The zero-order valence-corrected chi connectivity index (χ0v) is 36.4. The van der Waals surface area contributed by atoms with Crippen LogP contribution in [0.5, 0.6) is 0 Å². The molecular formula is C63H48N2. The van der Waals surface area contributed by atoms with Gasteiger partial charge in [0.15, 0.2) is 0 Å². The average molecular weight is 833 g/mol. The Bertz CT molecular complexity index is 3340. The molecule has 9 aromatic carbocycles. The molecule has 0 radical (unpaired) electrons. The van der Waals surface area contributed by atoms with E-state index in [0.29, 0.717) is 0 Å². The van der Waals surface area contributed by atoms with Gasteiger partial charge in [0.25, 0.3) is 0 Å². The predicted molar refractivity (Wildman–Crippen MR) is 274 cm³/mol. The van der Waals surface area contributed by atoms with E-state index in [-0.39, 0.29) is 11.3 Å². The lowest BCUT2D eigenvalue weighted by molar-refractivity contribution is 0.457. The van der Waals surface area contributed by atoms with E-state index in [0.717, 1.165) is 32.2 Å². The minimum Gasteiger partial charge on any atom is -0.341 e. The fourth-order valence-corrected chi connectivity index (χ4v) is 12.0. The van der Waals surface area contributed by atoms with Gasteiger partial charge < -0.3 is 9.80 Å². The molecular weight excluding hydrogens is 785 g/mol. The molecule has 2 heteroatoms. The molecule has 0 saturated carbocycles. The standard InChI is InChI=1S/C63H48N2/c1-3-22-47(23-4-1)63(48-24-5-2-6-25-48)57-40-43(34-37-53(57)54-38-35-49(42-58(54)63)64-39-17-21-44-18-7-14-30-59(44)64)33-36-52-50-26-10-12-28-55(50)62(56-29-13-11-27-51(52)56)65-60-31-15-8-19-45(60)41-46-20-9-16-32-61(46)65/h1-16,18-20,22-24,26-38,40,42,48H,17,21,25,39,41H2/b36-33+. The normalized spacial score (nSPS) is 18.1. The first-order valence-corrected chi connectivity index (χ1v) is 23.4. The zero-order valence-electron chi connectivity index (χ0n) is 36.4. The van der Waals surface area contributed by atoms with E-state index in [1.54, 1.807) is 0 Å². The van der Waals surface area contributed by atoms with Crippen LogP contribution in [0.2, 0.25) is 0 Å². The summed E-state index contributed by atoms with van der Waals surface area (Å²) in [7, 11) is 0. The summed E-state index contributed by atoms with van der Waals surface area (Å²) in [6.45, 7) is 1.02. The summed E-state index contributed by atoms with van der Waals surface area (Å²) in [4.78, 5) is 5.09. The Balaban J connectivity index is 0.989. The lowest BCUT2D eigenvalue weighted by Gasteiger charge is -2.40. The molecule has 13 rings (SSSR count). The molecule has 2 heterocycles. The molecule has 2 aliphatic carbocycles. The van der Waals surface area contributed by atoms with Crippen molar-refractivity contribution in [2.45, 2.75) is 31.1 Å². The highest BCUT2D eigenvalue weighted by Crippen LogP contribution is 2.59. The smallest absolute Gasteiger partial charge is 0.0619 e. The maximum absolute atomic E-state index is 2.56. The SMILES string of the molecule is C1=CCC(C2(c3ccccc3)c3cc(/C=C/c4c5ccccc5c(N5c6ccccc6Cc6ccccc65)c5ccccc45)ccc3-c3ccc(N4CCCc5ccccc54)cc32)C=C1. The van der Waals surface area contributed by atoms with E-state index in [1.165, 1.54) is 106 Å². The molecule has 4 aliphatic rings. The van der Waals surface area contributed by atoms with Crippen molar-refractivity contribution in [3.05, 3.63) is 257 Å². The maximum Gasteiger partial charge on any atom is 0.0619 e. The Morgan fingerprint density at radius 2 is 1.11 bits per heavy atom. The van der Waals surface area contributed by atoms with Gasteiger partial charge in [-0.1, -0.05) is 188 Å². The van der Waals surface area contributed by atoms with Crippen LogP contribution in [-0.4, -0.2) is 6.54 Å². The predicted octanol–water partition coefficient (Wildman–Crippen LogP) is 16.1. The van der Waals surface area contributed by atoms with Crippen molar-refractivity contribution in [2.24, 2.45) is 5.92 Å². The van der Waals surface area contributed by atoms with Gasteiger partial charge in [0.2, 0.25) is 0 Å². The number of hydrogen-bond donors (Lipinski definition) is 0. The van der Waals surface area contributed by atoms with Crippen LogP contribution in [0.25, 0.3) is 44.8 Å². The quantitative estimate of drug-likeness (QED) is 0.122. The topological polar surface area (TPSA) is 6.48 Å². The largest absolute Gasteiger partial charge is 0.341 e. The second kappa shape index (κ2) is 15.2. The highest BCUT2D eigenvalue weighted by molar-refractivity contribution is 6.19. The van der Waals surface area contributed by atoms with E-state index >= 15 is 0 Å². The van der Waals surface area contributed by atoms with Crippen LogP contribution in [0.3, 0.4) is 0 Å². The van der Waals surface area contributed by atoms with Gasteiger partial charge in [-0.2, -0.15) is 0 Å². The van der Waals surface area contributed by atoms with E-state index < -0.39 is 0 Å². The van der Waals surface area contributed by atoms with Crippen LogP contribution in [0.15, 0.2) is 212 Å². The molecule has 0 fully saturated rings. The number of aryl methyl sites for hydroxylation is 1. The van der Waals surface area contributed by atoms with Crippen LogP contribution in [0, 0.1) is 5.92 Å². The minimum atomic E-state index is -0.385. The fraction of sp³-hybridized carbons (Fsp3) is 0.111. The Morgan fingerprint density at radius 1 is 0.508 bits per heavy atom.